The number of nitrogens with one attached hydrogen (secondary N) is 2. The third kappa shape index (κ3) is 6.71. The summed E-state index contributed by atoms with van der Waals surface area (Å²) in [6, 6.07) is 0.416. The second-order valence-electron chi connectivity index (χ2n) is 6.48. The van der Waals surface area contributed by atoms with Gasteiger partial charge in [-0.2, -0.15) is 0 Å². The van der Waals surface area contributed by atoms with Crippen LogP contribution in [0.4, 0.5) is 0 Å². The summed E-state index contributed by atoms with van der Waals surface area (Å²) in [7, 11) is 0. The molecule has 0 saturated carbocycles. The minimum absolute atomic E-state index is 0.0788. The smallest absolute Gasteiger partial charge is 0.236 e. The molecule has 0 bridgehead atoms. The van der Waals surface area contributed by atoms with Gasteiger partial charge in [-0.25, -0.2) is 0 Å². The Morgan fingerprint density at radius 3 is 2.45 bits per heavy atom. The standard InChI is InChI=1S/C16H33N3O/c1-5-10-19-11-7-15(8-12-19)18-14(4)16(20)17-9-6-13(2)3/h13-15,18H,5-12H2,1-4H3,(H,17,20). The summed E-state index contributed by atoms with van der Waals surface area (Å²) in [5.41, 5.74) is 0. The number of carbonyl (C=O) groups excluding carboxylic acids is 1. The van der Waals surface area contributed by atoms with E-state index in [1.807, 2.05) is 6.92 Å². The molecule has 1 atom stereocenters. The molecule has 0 radical (unpaired) electrons. The van der Waals surface area contributed by atoms with Crippen molar-refractivity contribution in [3.05, 3.63) is 0 Å². The summed E-state index contributed by atoms with van der Waals surface area (Å²) in [4.78, 5) is 14.5. The van der Waals surface area contributed by atoms with E-state index in [9.17, 15) is 4.79 Å². The number of piperidine rings is 1. The molecule has 0 aromatic rings. The molecule has 1 rings (SSSR count). The molecule has 4 nitrogen and oxygen atoms in total. The fourth-order valence-electron chi connectivity index (χ4n) is 2.71. The van der Waals surface area contributed by atoms with Crippen LogP contribution in [0.25, 0.3) is 0 Å². The van der Waals surface area contributed by atoms with Gasteiger partial charge in [0.15, 0.2) is 0 Å². The first-order chi connectivity index (χ1) is 9.52. The van der Waals surface area contributed by atoms with Gasteiger partial charge in [0.25, 0.3) is 0 Å². The van der Waals surface area contributed by atoms with Gasteiger partial charge >= 0.3 is 0 Å². The van der Waals surface area contributed by atoms with E-state index in [-0.39, 0.29) is 11.9 Å². The lowest BCUT2D eigenvalue weighted by molar-refractivity contribution is -0.123. The number of nitrogens with zero attached hydrogens (tertiary/aromatic N) is 1. The van der Waals surface area contributed by atoms with Crippen LogP contribution in [0.5, 0.6) is 0 Å². The van der Waals surface area contributed by atoms with Crippen molar-refractivity contribution in [2.45, 2.75) is 65.5 Å². The van der Waals surface area contributed by atoms with Crippen molar-refractivity contribution in [3.63, 3.8) is 0 Å². The molecule has 118 valence electrons. The maximum Gasteiger partial charge on any atom is 0.236 e. The Kier molecular flexibility index (Phi) is 8.15. The van der Waals surface area contributed by atoms with Crippen LogP contribution in [-0.4, -0.2) is 49.1 Å². The highest BCUT2D eigenvalue weighted by atomic mass is 16.2. The van der Waals surface area contributed by atoms with Gasteiger partial charge in [-0.3, -0.25) is 4.79 Å². The Bertz CT molecular complexity index is 273. The van der Waals surface area contributed by atoms with Crippen LogP contribution in [0.2, 0.25) is 0 Å². The highest BCUT2D eigenvalue weighted by molar-refractivity contribution is 5.81. The van der Waals surface area contributed by atoms with Gasteiger partial charge < -0.3 is 15.5 Å². The molecule has 1 heterocycles. The first-order valence-electron chi connectivity index (χ1n) is 8.29. The number of hydrogen-bond acceptors (Lipinski definition) is 3. The Hall–Kier alpha value is -0.610. The Labute approximate surface area is 124 Å². The molecular formula is C16H33N3O. The minimum atomic E-state index is -0.0788. The number of amides is 1. The molecule has 1 fully saturated rings. The molecule has 4 heteroatoms. The van der Waals surface area contributed by atoms with E-state index in [4.69, 9.17) is 0 Å². The molecule has 0 aliphatic carbocycles. The molecule has 1 aliphatic heterocycles. The van der Waals surface area contributed by atoms with Gasteiger partial charge in [-0.05, 0) is 58.2 Å². The SMILES string of the molecule is CCCN1CCC(NC(C)C(=O)NCCC(C)C)CC1. The van der Waals surface area contributed by atoms with Crippen molar-refractivity contribution >= 4 is 5.91 Å². The highest BCUT2D eigenvalue weighted by Crippen LogP contribution is 2.11. The zero-order valence-corrected chi connectivity index (χ0v) is 13.7. The molecular weight excluding hydrogens is 250 g/mol. The largest absolute Gasteiger partial charge is 0.355 e. The molecule has 0 aromatic carbocycles. The number of hydrogen-bond donors (Lipinski definition) is 2. The average molecular weight is 283 g/mol. The van der Waals surface area contributed by atoms with E-state index in [0.29, 0.717) is 12.0 Å². The lowest BCUT2D eigenvalue weighted by Crippen LogP contribution is -2.50. The van der Waals surface area contributed by atoms with Gasteiger partial charge in [0.05, 0.1) is 6.04 Å². The second-order valence-corrected chi connectivity index (χ2v) is 6.48. The monoisotopic (exact) mass is 283 g/mol. The summed E-state index contributed by atoms with van der Waals surface area (Å²) in [5.74, 6) is 0.781. The van der Waals surface area contributed by atoms with Crippen LogP contribution in [0.1, 0.15) is 53.4 Å². The zero-order chi connectivity index (χ0) is 15.0. The van der Waals surface area contributed by atoms with E-state index in [0.717, 1.165) is 38.9 Å². The summed E-state index contributed by atoms with van der Waals surface area (Å²) in [6.45, 7) is 12.9. The summed E-state index contributed by atoms with van der Waals surface area (Å²) in [6.07, 6.45) is 4.59. The molecule has 20 heavy (non-hydrogen) atoms. The Balaban J connectivity index is 2.18. The highest BCUT2D eigenvalue weighted by Gasteiger charge is 2.22. The predicted octanol–water partition coefficient (Wildman–Crippen LogP) is 2.00. The molecule has 0 spiro atoms. The van der Waals surface area contributed by atoms with Crippen molar-refractivity contribution in [3.8, 4) is 0 Å². The van der Waals surface area contributed by atoms with Crippen LogP contribution < -0.4 is 10.6 Å². The van der Waals surface area contributed by atoms with E-state index >= 15 is 0 Å². The van der Waals surface area contributed by atoms with Crippen LogP contribution in [0.3, 0.4) is 0 Å². The van der Waals surface area contributed by atoms with Crippen molar-refractivity contribution < 1.29 is 4.79 Å². The van der Waals surface area contributed by atoms with E-state index in [1.165, 1.54) is 13.0 Å². The topological polar surface area (TPSA) is 44.4 Å². The average Bonchev–Trinajstić information content (AvgIpc) is 2.40. The van der Waals surface area contributed by atoms with Crippen molar-refractivity contribution in [2.24, 2.45) is 5.92 Å². The van der Waals surface area contributed by atoms with Crippen molar-refractivity contribution in [1.82, 2.24) is 15.5 Å². The first kappa shape index (κ1) is 17.4. The molecule has 2 N–H and O–H groups in total. The molecule has 1 unspecified atom stereocenters. The van der Waals surface area contributed by atoms with E-state index < -0.39 is 0 Å². The Morgan fingerprint density at radius 1 is 1.25 bits per heavy atom. The van der Waals surface area contributed by atoms with Gasteiger partial charge in [-0.15, -0.1) is 0 Å². The van der Waals surface area contributed by atoms with Gasteiger partial charge in [0.2, 0.25) is 5.91 Å². The number of carbonyl (C=O) groups is 1. The van der Waals surface area contributed by atoms with Crippen molar-refractivity contribution in [1.29, 1.82) is 0 Å². The van der Waals surface area contributed by atoms with E-state index in [1.54, 1.807) is 0 Å². The third-order valence-electron chi connectivity index (χ3n) is 4.03. The summed E-state index contributed by atoms with van der Waals surface area (Å²) >= 11 is 0. The second kappa shape index (κ2) is 9.35. The van der Waals surface area contributed by atoms with Crippen LogP contribution in [-0.2, 0) is 4.79 Å². The summed E-state index contributed by atoms with van der Waals surface area (Å²) in [5, 5.41) is 6.50. The first-order valence-corrected chi connectivity index (χ1v) is 8.29. The minimum Gasteiger partial charge on any atom is -0.355 e. The van der Waals surface area contributed by atoms with Crippen LogP contribution in [0.15, 0.2) is 0 Å². The number of rotatable bonds is 8. The van der Waals surface area contributed by atoms with Crippen LogP contribution in [0, 0.1) is 5.92 Å². The molecule has 0 aromatic heterocycles. The maximum atomic E-state index is 12.0. The summed E-state index contributed by atoms with van der Waals surface area (Å²) < 4.78 is 0. The third-order valence-corrected chi connectivity index (χ3v) is 4.03. The van der Waals surface area contributed by atoms with Gasteiger partial charge in [0.1, 0.15) is 0 Å². The fraction of sp³-hybridized carbons (Fsp3) is 0.938. The van der Waals surface area contributed by atoms with Crippen molar-refractivity contribution in [2.75, 3.05) is 26.2 Å². The van der Waals surface area contributed by atoms with Gasteiger partial charge in [0, 0.05) is 12.6 Å². The fourth-order valence-corrected chi connectivity index (χ4v) is 2.71. The molecule has 1 saturated heterocycles. The lowest BCUT2D eigenvalue weighted by atomic mass is 10.0. The quantitative estimate of drug-likeness (QED) is 0.716. The van der Waals surface area contributed by atoms with Crippen LogP contribution >= 0.6 is 0 Å². The predicted molar refractivity (Wildman–Crippen MR) is 84.8 cm³/mol. The Morgan fingerprint density at radius 2 is 1.90 bits per heavy atom. The molecule has 1 aliphatic rings. The van der Waals surface area contributed by atoms with E-state index in [2.05, 4.69) is 36.3 Å². The zero-order valence-electron chi connectivity index (χ0n) is 13.7. The normalized spacial score (nSPS) is 19.2. The lowest BCUT2D eigenvalue weighted by Gasteiger charge is -2.33. The molecule has 1 amide bonds. The maximum absolute atomic E-state index is 12.0. The van der Waals surface area contributed by atoms with Gasteiger partial charge in [-0.1, -0.05) is 20.8 Å². The number of likely N-dealkylation sites (tertiary alicyclic amines) is 1.